The van der Waals surface area contributed by atoms with Gasteiger partial charge in [0.1, 0.15) is 0 Å². The summed E-state index contributed by atoms with van der Waals surface area (Å²) in [7, 11) is 0. The number of rotatable bonds is 1. The number of oxazole rings is 1. The number of carbonyl (C=O) groups is 2. The Hall–Kier alpha value is -2.57. The first-order valence-electron chi connectivity index (χ1n) is 7.24. The molecule has 114 valence electrons. The second-order valence-electron chi connectivity index (χ2n) is 6.16. The van der Waals surface area contributed by atoms with E-state index in [0.717, 1.165) is 6.42 Å². The van der Waals surface area contributed by atoms with Crippen molar-refractivity contribution in [2.45, 2.75) is 12.8 Å². The van der Waals surface area contributed by atoms with E-state index in [0.29, 0.717) is 42.7 Å². The third-order valence-corrected chi connectivity index (χ3v) is 4.59. The molecule has 22 heavy (non-hydrogen) atoms. The molecule has 0 radical (unpaired) electrons. The van der Waals surface area contributed by atoms with Gasteiger partial charge in [-0.05, 0) is 24.6 Å². The molecule has 2 saturated heterocycles. The Balaban J connectivity index is 1.58. The molecule has 0 bridgehead atoms. The minimum absolute atomic E-state index is 0.0618. The maximum absolute atomic E-state index is 12.6. The first-order valence-corrected chi connectivity index (χ1v) is 7.24. The normalized spacial score (nSPS) is 24.4. The summed E-state index contributed by atoms with van der Waals surface area (Å²) < 4.78 is 4.93. The maximum Gasteiger partial charge on any atom is 0.417 e. The fourth-order valence-corrected chi connectivity index (χ4v) is 3.42. The van der Waals surface area contributed by atoms with E-state index in [9.17, 15) is 14.4 Å². The van der Waals surface area contributed by atoms with Crippen molar-refractivity contribution in [3.63, 3.8) is 0 Å². The molecule has 7 heteroatoms. The monoisotopic (exact) mass is 301 g/mol. The summed E-state index contributed by atoms with van der Waals surface area (Å²) in [5.74, 6) is -0.554. The average Bonchev–Trinajstić information content (AvgIpc) is 3.16. The molecule has 2 amide bonds. The van der Waals surface area contributed by atoms with Gasteiger partial charge in [-0.15, -0.1) is 0 Å². The number of nitrogens with zero attached hydrogens (tertiary/aromatic N) is 1. The molecule has 2 fully saturated rings. The Morgan fingerprint density at radius 1 is 1.32 bits per heavy atom. The Bertz CT molecular complexity index is 837. The van der Waals surface area contributed by atoms with Crippen LogP contribution >= 0.6 is 0 Å². The highest BCUT2D eigenvalue weighted by atomic mass is 16.4. The number of aromatic nitrogens is 1. The van der Waals surface area contributed by atoms with Crippen molar-refractivity contribution < 1.29 is 14.0 Å². The number of H-pyrrole nitrogens is 1. The lowest BCUT2D eigenvalue weighted by Gasteiger charge is -2.21. The van der Waals surface area contributed by atoms with Crippen LogP contribution in [0.1, 0.15) is 23.2 Å². The summed E-state index contributed by atoms with van der Waals surface area (Å²) in [5, 5.41) is 2.85. The third kappa shape index (κ3) is 2.01. The zero-order valence-electron chi connectivity index (χ0n) is 11.8. The molecule has 1 atom stereocenters. The molecule has 1 aromatic heterocycles. The van der Waals surface area contributed by atoms with Gasteiger partial charge in [0.2, 0.25) is 5.91 Å². The van der Waals surface area contributed by atoms with Gasteiger partial charge >= 0.3 is 5.76 Å². The van der Waals surface area contributed by atoms with Gasteiger partial charge in [0, 0.05) is 37.0 Å². The molecule has 0 aliphatic carbocycles. The zero-order chi connectivity index (χ0) is 15.3. The van der Waals surface area contributed by atoms with Gasteiger partial charge in [-0.2, -0.15) is 0 Å². The average molecular weight is 301 g/mol. The lowest BCUT2D eigenvalue weighted by atomic mass is 9.86. The van der Waals surface area contributed by atoms with Crippen LogP contribution in [0.5, 0.6) is 0 Å². The first kappa shape index (κ1) is 13.1. The van der Waals surface area contributed by atoms with Crippen LogP contribution in [0, 0.1) is 5.41 Å². The van der Waals surface area contributed by atoms with Crippen LogP contribution in [0.4, 0.5) is 0 Å². The maximum atomic E-state index is 12.6. The number of aromatic amines is 1. The van der Waals surface area contributed by atoms with Crippen LogP contribution in [0.2, 0.25) is 0 Å². The standard InChI is InChI=1S/C15H15N3O4/c19-12-6-15(7-16-12)3-4-18(8-15)13(20)9-1-2-11-10(5-9)17-14(21)22-11/h1-2,5H,3-4,6-8H2,(H,16,19)(H,17,21). The van der Waals surface area contributed by atoms with E-state index >= 15 is 0 Å². The molecule has 0 saturated carbocycles. The SMILES string of the molecule is O=C1CC2(CCN(C(=O)c3ccc4oc(=O)[nH]c4c3)C2)CN1. The molecule has 3 heterocycles. The Morgan fingerprint density at radius 3 is 2.95 bits per heavy atom. The molecule has 4 rings (SSSR count). The molecule has 1 aromatic carbocycles. The van der Waals surface area contributed by atoms with Crippen molar-refractivity contribution in [3.05, 3.63) is 34.3 Å². The smallest absolute Gasteiger partial charge is 0.408 e. The van der Waals surface area contributed by atoms with E-state index in [1.165, 1.54) is 0 Å². The minimum Gasteiger partial charge on any atom is -0.408 e. The quantitative estimate of drug-likeness (QED) is 0.800. The number of benzene rings is 1. The van der Waals surface area contributed by atoms with E-state index in [1.54, 1.807) is 23.1 Å². The summed E-state index contributed by atoms with van der Waals surface area (Å²) >= 11 is 0. The zero-order valence-corrected chi connectivity index (χ0v) is 11.8. The summed E-state index contributed by atoms with van der Waals surface area (Å²) in [6, 6.07) is 4.91. The highest BCUT2D eigenvalue weighted by Gasteiger charge is 2.45. The number of hydrogen-bond donors (Lipinski definition) is 2. The van der Waals surface area contributed by atoms with Crippen LogP contribution < -0.4 is 11.1 Å². The van der Waals surface area contributed by atoms with Crippen molar-refractivity contribution in [1.82, 2.24) is 15.2 Å². The number of fused-ring (bicyclic) bond motifs is 1. The second-order valence-corrected chi connectivity index (χ2v) is 6.16. The van der Waals surface area contributed by atoms with Crippen molar-refractivity contribution in [2.75, 3.05) is 19.6 Å². The van der Waals surface area contributed by atoms with Gasteiger partial charge in [-0.25, -0.2) is 4.79 Å². The Morgan fingerprint density at radius 2 is 2.18 bits per heavy atom. The van der Waals surface area contributed by atoms with E-state index in [1.807, 2.05) is 0 Å². The molecule has 7 nitrogen and oxygen atoms in total. The fourth-order valence-electron chi connectivity index (χ4n) is 3.42. The molecule has 1 unspecified atom stereocenters. The van der Waals surface area contributed by atoms with Crippen molar-refractivity contribution in [3.8, 4) is 0 Å². The van der Waals surface area contributed by atoms with Crippen molar-refractivity contribution in [2.24, 2.45) is 5.41 Å². The van der Waals surface area contributed by atoms with Crippen LogP contribution in [-0.4, -0.2) is 41.3 Å². The number of amides is 2. The predicted molar refractivity (Wildman–Crippen MR) is 77.4 cm³/mol. The second kappa shape index (κ2) is 4.46. The molecule has 2 aliphatic heterocycles. The summed E-state index contributed by atoms with van der Waals surface area (Å²) in [5.41, 5.74) is 1.35. The van der Waals surface area contributed by atoms with Crippen molar-refractivity contribution >= 4 is 22.9 Å². The first-order chi connectivity index (χ1) is 10.5. The highest BCUT2D eigenvalue weighted by Crippen LogP contribution is 2.37. The highest BCUT2D eigenvalue weighted by molar-refractivity contribution is 5.97. The summed E-state index contributed by atoms with van der Waals surface area (Å²) in [4.78, 5) is 39.6. The molecular weight excluding hydrogens is 286 g/mol. The number of nitrogens with one attached hydrogen (secondary N) is 2. The van der Waals surface area contributed by atoms with Gasteiger partial charge in [0.05, 0.1) is 5.52 Å². The van der Waals surface area contributed by atoms with Gasteiger partial charge in [0.15, 0.2) is 5.58 Å². The lowest BCUT2D eigenvalue weighted by Crippen LogP contribution is -2.33. The van der Waals surface area contributed by atoms with Crippen LogP contribution in [-0.2, 0) is 4.79 Å². The lowest BCUT2D eigenvalue weighted by molar-refractivity contribution is -0.119. The van der Waals surface area contributed by atoms with E-state index < -0.39 is 5.76 Å². The minimum atomic E-state index is -0.532. The summed E-state index contributed by atoms with van der Waals surface area (Å²) in [6.07, 6.45) is 1.33. The van der Waals surface area contributed by atoms with Crippen molar-refractivity contribution in [1.29, 1.82) is 0 Å². The predicted octanol–water partition coefficient (Wildman–Crippen LogP) is 0.473. The van der Waals surface area contributed by atoms with E-state index in [4.69, 9.17) is 4.42 Å². The molecule has 1 spiro atoms. The summed E-state index contributed by atoms with van der Waals surface area (Å²) in [6.45, 7) is 1.88. The van der Waals surface area contributed by atoms with Crippen LogP contribution in [0.3, 0.4) is 0 Å². The molecular formula is C15H15N3O4. The molecule has 2 N–H and O–H groups in total. The topological polar surface area (TPSA) is 95.4 Å². The number of carbonyl (C=O) groups excluding carboxylic acids is 2. The fraction of sp³-hybridized carbons (Fsp3) is 0.400. The van der Waals surface area contributed by atoms with Crippen LogP contribution in [0.25, 0.3) is 11.1 Å². The largest absolute Gasteiger partial charge is 0.417 e. The number of likely N-dealkylation sites (tertiary alicyclic amines) is 1. The van der Waals surface area contributed by atoms with Gasteiger partial charge in [-0.3, -0.25) is 14.6 Å². The van der Waals surface area contributed by atoms with E-state index in [2.05, 4.69) is 10.3 Å². The van der Waals surface area contributed by atoms with Crippen LogP contribution in [0.15, 0.2) is 27.4 Å². The van der Waals surface area contributed by atoms with Gasteiger partial charge in [-0.1, -0.05) is 0 Å². The number of hydrogen-bond acceptors (Lipinski definition) is 4. The third-order valence-electron chi connectivity index (χ3n) is 4.59. The Labute approximate surface area is 125 Å². The molecule has 2 aliphatic rings. The molecule has 2 aromatic rings. The van der Waals surface area contributed by atoms with Gasteiger partial charge < -0.3 is 14.6 Å². The van der Waals surface area contributed by atoms with Gasteiger partial charge in [0.25, 0.3) is 5.91 Å². The van der Waals surface area contributed by atoms with E-state index in [-0.39, 0.29) is 17.2 Å². The Kier molecular flexibility index (Phi) is 2.66.